The lowest BCUT2D eigenvalue weighted by Crippen LogP contribution is -2.56. The number of alkyl halides is 2. The number of carbonyl (C=O) groups excluding carboxylic acids is 1. The molecule has 0 saturated heterocycles. The quantitative estimate of drug-likeness (QED) is 0.597. The molecule has 4 nitrogen and oxygen atoms in total. The molecule has 4 N–H and O–H groups in total. The molecule has 6 heteroatoms. The van der Waals surface area contributed by atoms with Gasteiger partial charge in [-0.15, -0.1) is 0 Å². The Morgan fingerprint density at radius 3 is 2.21 bits per heavy atom. The Kier molecular flexibility index (Phi) is 4.41. The SMILES string of the molecule is CNC(=O)C(F)(F)[C@H](O)[C@@H](N)C(C)C. The van der Waals surface area contributed by atoms with Crippen LogP contribution in [0.15, 0.2) is 0 Å². The number of aliphatic hydroxyl groups excluding tert-OH is 1. The Hall–Kier alpha value is -0.750. The monoisotopic (exact) mass is 210 g/mol. The Morgan fingerprint density at radius 1 is 1.50 bits per heavy atom. The molecular formula is C8H16F2N2O2. The first-order chi connectivity index (χ1) is 6.25. The van der Waals surface area contributed by atoms with Crippen LogP contribution in [0.2, 0.25) is 0 Å². The standard InChI is InChI=1S/C8H16F2N2O2/c1-4(2)5(11)6(13)8(9,10)7(14)12-3/h4-6,13H,11H2,1-3H3,(H,12,14)/t5-,6+/m0/s1. The number of halogens is 2. The second-order valence-electron chi connectivity index (χ2n) is 3.47. The van der Waals surface area contributed by atoms with Crippen LogP contribution in [0.5, 0.6) is 0 Å². The van der Waals surface area contributed by atoms with Gasteiger partial charge in [0.1, 0.15) is 6.10 Å². The molecule has 84 valence electrons. The fourth-order valence-electron chi connectivity index (χ4n) is 0.907. The normalized spacial score (nSPS) is 16.6. The minimum atomic E-state index is -3.85. The summed E-state index contributed by atoms with van der Waals surface area (Å²) in [6.07, 6.45) is -2.16. The van der Waals surface area contributed by atoms with Gasteiger partial charge in [-0.1, -0.05) is 13.8 Å². The number of nitrogens with two attached hydrogens (primary N) is 1. The molecule has 14 heavy (non-hydrogen) atoms. The zero-order valence-electron chi connectivity index (χ0n) is 8.42. The van der Waals surface area contributed by atoms with Crippen molar-refractivity contribution in [1.82, 2.24) is 5.32 Å². The molecule has 0 unspecified atom stereocenters. The Balaban J connectivity index is 4.65. The van der Waals surface area contributed by atoms with Crippen LogP contribution in [0, 0.1) is 5.92 Å². The van der Waals surface area contributed by atoms with Gasteiger partial charge in [-0.2, -0.15) is 8.78 Å². The highest BCUT2D eigenvalue weighted by atomic mass is 19.3. The molecule has 0 aliphatic carbocycles. The highest BCUT2D eigenvalue weighted by Gasteiger charge is 2.49. The van der Waals surface area contributed by atoms with Crippen LogP contribution in [0.3, 0.4) is 0 Å². The van der Waals surface area contributed by atoms with Gasteiger partial charge in [-0.3, -0.25) is 4.79 Å². The van der Waals surface area contributed by atoms with Gasteiger partial charge < -0.3 is 16.2 Å². The van der Waals surface area contributed by atoms with Crippen LogP contribution in [-0.2, 0) is 4.79 Å². The molecular weight excluding hydrogens is 194 g/mol. The third-order valence-corrected chi connectivity index (χ3v) is 2.04. The molecule has 0 fully saturated rings. The Morgan fingerprint density at radius 2 is 1.93 bits per heavy atom. The summed E-state index contributed by atoms with van der Waals surface area (Å²) in [4.78, 5) is 10.7. The fraction of sp³-hybridized carbons (Fsp3) is 0.875. The molecule has 1 amide bonds. The van der Waals surface area contributed by atoms with E-state index < -0.39 is 24.0 Å². The third kappa shape index (κ3) is 2.62. The van der Waals surface area contributed by atoms with E-state index in [2.05, 4.69) is 0 Å². The first-order valence-corrected chi connectivity index (χ1v) is 4.28. The van der Waals surface area contributed by atoms with E-state index in [9.17, 15) is 18.7 Å². The van der Waals surface area contributed by atoms with E-state index in [0.717, 1.165) is 7.05 Å². The minimum Gasteiger partial charge on any atom is -0.385 e. The van der Waals surface area contributed by atoms with Crippen molar-refractivity contribution in [3.05, 3.63) is 0 Å². The Bertz CT molecular complexity index is 210. The van der Waals surface area contributed by atoms with Crippen LogP contribution < -0.4 is 11.1 Å². The number of aliphatic hydroxyl groups is 1. The molecule has 0 aromatic rings. The molecule has 0 aliphatic rings. The van der Waals surface area contributed by atoms with Gasteiger partial charge in [0.2, 0.25) is 0 Å². The fourth-order valence-corrected chi connectivity index (χ4v) is 0.907. The van der Waals surface area contributed by atoms with Crippen LogP contribution in [0.4, 0.5) is 8.78 Å². The summed E-state index contributed by atoms with van der Waals surface area (Å²) < 4.78 is 26.2. The van der Waals surface area contributed by atoms with Gasteiger partial charge in [-0.25, -0.2) is 0 Å². The van der Waals surface area contributed by atoms with E-state index in [1.165, 1.54) is 0 Å². The molecule has 0 aliphatic heterocycles. The largest absolute Gasteiger partial charge is 0.385 e. The molecule has 0 aromatic carbocycles. The van der Waals surface area contributed by atoms with Crippen LogP contribution >= 0.6 is 0 Å². The van der Waals surface area contributed by atoms with Crippen molar-refractivity contribution in [2.45, 2.75) is 31.9 Å². The van der Waals surface area contributed by atoms with Crippen LogP contribution in [0.25, 0.3) is 0 Å². The second kappa shape index (κ2) is 4.65. The van der Waals surface area contributed by atoms with E-state index in [0.29, 0.717) is 0 Å². The molecule has 0 rings (SSSR count). The highest BCUT2D eigenvalue weighted by molar-refractivity contribution is 5.83. The molecule has 0 aromatic heterocycles. The van der Waals surface area contributed by atoms with Gasteiger partial charge in [0, 0.05) is 13.1 Å². The molecule has 0 bridgehead atoms. The third-order valence-electron chi connectivity index (χ3n) is 2.04. The van der Waals surface area contributed by atoms with Crippen LogP contribution in [0.1, 0.15) is 13.8 Å². The van der Waals surface area contributed by atoms with Gasteiger partial charge in [-0.05, 0) is 5.92 Å². The van der Waals surface area contributed by atoms with E-state index in [1.807, 2.05) is 0 Å². The molecule has 0 heterocycles. The summed E-state index contributed by atoms with van der Waals surface area (Å²) in [6.45, 7) is 3.18. The topological polar surface area (TPSA) is 75.3 Å². The van der Waals surface area contributed by atoms with Gasteiger partial charge in [0.05, 0.1) is 0 Å². The predicted molar refractivity (Wildman–Crippen MR) is 47.8 cm³/mol. The summed E-state index contributed by atoms with van der Waals surface area (Å²) in [7, 11) is 1.07. The number of amides is 1. The maximum atomic E-state index is 13.1. The van der Waals surface area contributed by atoms with E-state index in [4.69, 9.17) is 5.73 Å². The van der Waals surface area contributed by atoms with Crippen LogP contribution in [-0.4, -0.2) is 36.1 Å². The number of hydrogen-bond acceptors (Lipinski definition) is 3. The summed E-state index contributed by atoms with van der Waals surface area (Å²) >= 11 is 0. The number of carbonyl (C=O) groups is 1. The van der Waals surface area contributed by atoms with Crippen molar-refractivity contribution in [1.29, 1.82) is 0 Å². The summed E-state index contributed by atoms with van der Waals surface area (Å²) in [5, 5.41) is 11.0. The summed E-state index contributed by atoms with van der Waals surface area (Å²) in [5.41, 5.74) is 5.33. The van der Waals surface area contributed by atoms with Gasteiger partial charge in [0.15, 0.2) is 0 Å². The zero-order valence-corrected chi connectivity index (χ0v) is 8.42. The summed E-state index contributed by atoms with van der Waals surface area (Å²) in [5.74, 6) is -5.71. The van der Waals surface area contributed by atoms with Gasteiger partial charge >= 0.3 is 5.92 Å². The lowest BCUT2D eigenvalue weighted by molar-refractivity contribution is -0.166. The average Bonchev–Trinajstić information content (AvgIpc) is 2.13. The molecule has 0 radical (unpaired) electrons. The summed E-state index contributed by atoms with van der Waals surface area (Å²) in [6, 6.07) is -1.14. The van der Waals surface area contributed by atoms with E-state index in [1.54, 1.807) is 19.2 Å². The molecule has 0 saturated carbocycles. The number of nitrogens with one attached hydrogen (secondary N) is 1. The second-order valence-corrected chi connectivity index (χ2v) is 3.47. The highest BCUT2D eigenvalue weighted by Crippen LogP contribution is 2.23. The average molecular weight is 210 g/mol. The van der Waals surface area contributed by atoms with E-state index in [-0.39, 0.29) is 5.92 Å². The van der Waals surface area contributed by atoms with Crippen molar-refractivity contribution >= 4 is 5.91 Å². The minimum absolute atomic E-state index is 0.333. The zero-order chi connectivity index (χ0) is 11.5. The predicted octanol–water partition coefficient (Wildman–Crippen LogP) is -0.288. The molecule has 2 atom stereocenters. The van der Waals surface area contributed by atoms with Crippen molar-refractivity contribution in [2.75, 3.05) is 7.05 Å². The Labute approximate surface area is 81.5 Å². The van der Waals surface area contributed by atoms with Crippen molar-refractivity contribution < 1.29 is 18.7 Å². The smallest absolute Gasteiger partial charge is 0.351 e. The molecule has 0 spiro atoms. The number of rotatable bonds is 4. The van der Waals surface area contributed by atoms with Crippen molar-refractivity contribution in [3.63, 3.8) is 0 Å². The van der Waals surface area contributed by atoms with E-state index >= 15 is 0 Å². The first kappa shape index (κ1) is 13.2. The maximum Gasteiger partial charge on any atom is 0.351 e. The maximum absolute atomic E-state index is 13.1. The van der Waals surface area contributed by atoms with Crippen molar-refractivity contribution in [3.8, 4) is 0 Å². The van der Waals surface area contributed by atoms with Gasteiger partial charge in [0.25, 0.3) is 5.91 Å². The number of hydrogen-bond donors (Lipinski definition) is 3. The first-order valence-electron chi connectivity index (χ1n) is 4.28. The van der Waals surface area contributed by atoms with Crippen molar-refractivity contribution in [2.24, 2.45) is 11.7 Å². The lowest BCUT2D eigenvalue weighted by atomic mass is 9.95. The lowest BCUT2D eigenvalue weighted by Gasteiger charge is -2.27.